The summed E-state index contributed by atoms with van der Waals surface area (Å²) in [5, 5.41) is 11.3. The van der Waals surface area contributed by atoms with E-state index in [-0.39, 0.29) is 11.3 Å². The van der Waals surface area contributed by atoms with Gasteiger partial charge in [-0.1, -0.05) is 66.7 Å². The Morgan fingerprint density at radius 1 is 0.857 bits per heavy atom. The summed E-state index contributed by atoms with van der Waals surface area (Å²) in [4.78, 5) is 11.8. The second-order valence-electron chi connectivity index (χ2n) is 8.52. The summed E-state index contributed by atoms with van der Waals surface area (Å²) in [6, 6.07) is 27.7. The van der Waals surface area contributed by atoms with Gasteiger partial charge in [0.15, 0.2) is 0 Å². The van der Waals surface area contributed by atoms with E-state index in [9.17, 15) is 18.3 Å². The van der Waals surface area contributed by atoms with Crippen LogP contribution >= 0.6 is 0 Å². The molecular formula is C29H23NO4S. The molecule has 0 spiro atoms. The molecule has 0 atom stereocenters. The van der Waals surface area contributed by atoms with Crippen LogP contribution < -0.4 is 4.72 Å². The second-order valence-corrected chi connectivity index (χ2v) is 10.2. The third-order valence-electron chi connectivity index (χ3n) is 6.21. The zero-order chi connectivity index (χ0) is 24.6. The lowest BCUT2D eigenvalue weighted by Crippen LogP contribution is -2.13. The third-order valence-corrected chi connectivity index (χ3v) is 7.59. The number of hydrogen-bond acceptors (Lipinski definition) is 3. The van der Waals surface area contributed by atoms with Crippen molar-refractivity contribution in [3.8, 4) is 0 Å². The van der Waals surface area contributed by atoms with E-state index in [0.29, 0.717) is 11.3 Å². The molecule has 0 aromatic heterocycles. The molecule has 0 aliphatic heterocycles. The predicted octanol–water partition coefficient (Wildman–Crippen LogP) is 6.44. The summed E-state index contributed by atoms with van der Waals surface area (Å²) >= 11 is 0. The lowest BCUT2D eigenvalue weighted by atomic mass is 10.0. The van der Waals surface area contributed by atoms with E-state index in [4.69, 9.17) is 0 Å². The number of anilines is 1. The summed E-state index contributed by atoms with van der Waals surface area (Å²) in [5.41, 5.74) is 5.50. The van der Waals surface area contributed by atoms with E-state index >= 15 is 0 Å². The third kappa shape index (κ3) is 4.48. The van der Waals surface area contributed by atoms with Crippen LogP contribution in [0.3, 0.4) is 0 Å². The monoisotopic (exact) mass is 481 g/mol. The Bertz CT molecular complexity index is 1630. The van der Waals surface area contributed by atoms with Gasteiger partial charge in [0.1, 0.15) is 0 Å². The molecule has 4 aromatic rings. The molecule has 0 unspecified atom stereocenters. The maximum absolute atomic E-state index is 13.1. The molecule has 1 aliphatic carbocycles. The molecule has 0 fully saturated rings. The maximum Gasteiger partial charge on any atom is 0.307 e. The number of aliphatic carboxylic acids is 1. The molecule has 2 N–H and O–H groups in total. The van der Waals surface area contributed by atoms with Gasteiger partial charge in [0.05, 0.1) is 11.3 Å². The molecule has 0 bridgehead atoms. The van der Waals surface area contributed by atoms with Crippen molar-refractivity contribution in [1.82, 2.24) is 0 Å². The maximum atomic E-state index is 13.1. The van der Waals surface area contributed by atoms with Crippen LogP contribution in [-0.2, 0) is 14.8 Å². The number of carbonyl (C=O) groups is 1. The Morgan fingerprint density at radius 3 is 2.31 bits per heavy atom. The molecule has 0 saturated heterocycles. The Balaban J connectivity index is 1.54. The van der Waals surface area contributed by atoms with Crippen molar-refractivity contribution >= 4 is 49.7 Å². The molecule has 5 nitrogen and oxygen atoms in total. The van der Waals surface area contributed by atoms with Gasteiger partial charge in [-0.3, -0.25) is 9.52 Å². The van der Waals surface area contributed by atoms with Gasteiger partial charge >= 0.3 is 5.97 Å². The van der Waals surface area contributed by atoms with Crippen molar-refractivity contribution in [3.63, 3.8) is 0 Å². The van der Waals surface area contributed by atoms with Crippen molar-refractivity contribution in [2.45, 2.75) is 18.2 Å². The Morgan fingerprint density at radius 2 is 1.57 bits per heavy atom. The summed E-state index contributed by atoms with van der Waals surface area (Å²) in [6.45, 7) is 1.91. The Labute approximate surface area is 204 Å². The number of carboxylic acid groups (broad SMARTS) is 1. The van der Waals surface area contributed by atoms with Gasteiger partial charge in [0.2, 0.25) is 0 Å². The van der Waals surface area contributed by atoms with Crippen LogP contribution in [0, 0.1) is 0 Å². The standard InChI is InChI=1S/C29H23NO4S/c1-19-26(15-20-7-3-2-4-8-20)25-14-12-23(17-28(25)27(19)18-29(31)32)30-35(33,34)24-13-11-21-9-5-6-10-22(21)16-24/h2-17,30H,18H2,1H3,(H,31,32). The highest BCUT2D eigenvalue weighted by molar-refractivity contribution is 7.92. The number of sulfonamides is 1. The average molecular weight is 482 g/mol. The largest absolute Gasteiger partial charge is 0.481 e. The highest BCUT2D eigenvalue weighted by Crippen LogP contribution is 2.44. The fourth-order valence-electron chi connectivity index (χ4n) is 4.49. The van der Waals surface area contributed by atoms with Crippen LogP contribution in [-0.4, -0.2) is 19.5 Å². The van der Waals surface area contributed by atoms with E-state index in [2.05, 4.69) is 4.72 Å². The van der Waals surface area contributed by atoms with E-state index < -0.39 is 16.0 Å². The summed E-state index contributed by atoms with van der Waals surface area (Å²) in [7, 11) is -3.84. The SMILES string of the molecule is CC1=C(CC(=O)O)c2cc(NS(=O)(=O)c3ccc4ccccc4c3)ccc2C1=Cc1ccccc1. The van der Waals surface area contributed by atoms with Crippen LogP contribution in [0.1, 0.15) is 30.0 Å². The molecule has 0 saturated carbocycles. The highest BCUT2D eigenvalue weighted by Gasteiger charge is 2.26. The number of allylic oxidation sites excluding steroid dienone is 2. The van der Waals surface area contributed by atoms with E-state index in [0.717, 1.165) is 38.6 Å². The van der Waals surface area contributed by atoms with Gasteiger partial charge in [0.25, 0.3) is 10.0 Å². The molecule has 35 heavy (non-hydrogen) atoms. The summed E-state index contributed by atoms with van der Waals surface area (Å²) in [6.07, 6.45) is 1.88. The fourth-order valence-corrected chi connectivity index (χ4v) is 5.57. The number of hydrogen-bond donors (Lipinski definition) is 2. The molecule has 0 radical (unpaired) electrons. The lowest BCUT2D eigenvalue weighted by Gasteiger charge is -2.12. The van der Waals surface area contributed by atoms with Crippen molar-refractivity contribution in [2.24, 2.45) is 0 Å². The van der Waals surface area contributed by atoms with Gasteiger partial charge in [0, 0.05) is 5.69 Å². The summed E-state index contributed by atoms with van der Waals surface area (Å²) in [5.74, 6) is -0.937. The smallest absolute Gasteiger partial charge is 0.307 e. The van der Waals surface area contributed by atoms with E-state index in [1.807, 2.05) is 73.7 Å². The first-order valence-corrected chi connectivity index (χ1v) is 12.7. The topological polar surface area (TPSA) is 83.5 Å². The molecule has 174 valence electrons. The van der Waals surface area contributed by atoms with Crippen molar-refractivity contribution < 1.29 is 18.3 Å². The van der Waals surface area contributed by atoms with Gasteiger partial charge in [-0.25, -0.2) is 8.42 Å². The van der Waals surface area contributed by atoms with Crippen LogP contribution in [0.25, 0.3) is 28.0 Å². The first-order valence-electron chi connectivity index (χ1n) is 11.2. The zero-order valence-electron chi connectivity index (χ0n) is 19.0. The van der Waals surface area contributed by atoms with Crippen molar-refractivity contribution in [1.29, 1.82) is 0 Å². The minimum Gasteiger partial charge on any atom is -0.481 e. The Kier molecular flexibility index (Phi) is 5.75. The molecule has 4 aromatic carbocycles. The minimum atomic E-state index is -3.84. The predicted molar refractivity (Wildman–Crippen MR) is 140 cm³/mol. The lowest BCUT2D eigenvalue weighted by molar-refractivity contribution is -0.135. The van der Waals surface area contributed by atoms with Crippen molar-refractivity contribution in [3.05, 3.63) is 113 Å². The average Bonchev–Trinajstić information content (AvgIpc) is 3.09. The first kappa shape index (κ1) is 22.6. The van der Waals surface area contributed by atoms with Gasteiger partial charge in [-0.15, -0.1) is 0 Å². The number of benzene rings is 4. The van der Waals surface area contributed by atoms with Crippen LogP contribution in [0.15, 0.2) is 101 Å². The minimum absolute atomic E-state index is 0.147. The van der Waals surface area contributed by atoms with Crippen LogP contribution in [0.4, 0.5) is 5.69 Å². The highest BCUT2D eigenvalue weighted by atomic mass is 32.2. The zero-order valence-corrected chi connectivity index (χ0v) is 19.8. The van der Waals surface area contributed by atoms with Crippen LogP contribution in [0.5, 0.6) is 0 Å². The first-order chi connectivity index (χ1) is 16.8. The molecule has 0 amide bonds. The van der Waals surface area contributed by atoms with Gasteiger partial charge in [-0.2, -0.15) is 0 Å². The molecule has 6 heteroatoms. The molecular weight excluding hydrogens is 458 g/mol. The van der Waals surface area contributed by atoms with Crippen LogP contribution in [0.2, 0.25) is 0 Å². The number of carboxylic acids is 1. The quantitative estimate of drug-likeness (QED) is 0.332. The molecule has 1 aliphatic rings. The number of nitrogens with one attached hydrogen (secondary N) is 1. The van der Waals surface area contributed by atoms with Crippen molar-refractivity contribution in [2.75, 3.05) is 4.72 Å². The normalized spacial score (nSPS) is 14.4. The molecule has 0 heterocycles. The van der Waals surface area contributed by atoms with E-state index in [1.54, 1.807) is 30.3 Å². The Hall–Kier alpha value is -4.16. The second kappa shape index (κ2) is 8.89. The van der Waals surface area contributed by atoms with Gasteiger partial charge in [-0.05, 0) is 81.4 Å². The molecule has 5 rings (SSSR count). The fraction of sp³-hybridized carbons (Fsp3) is 0.0690. The van der Waals surface area contributed by atoms with E-state index in [1.165, 1.54) is 0 Å². The number of fused-ring (bicyclic) bond motifs is 2. The summed E-state index contributed by atoms with van der Waals surface area (Å²) < 4.78 is 29.0. The number of rotatable bonds is 6. The van der Waals surface area contributed by atoms with Gasteiger partial charge < -0.3 is 5.11 Å².